The van der Waals surface area contributed by atoms with Crippen molar-refractivity contribution >= 4 is 23.6 Å². The van der Waals surface area contributed by atoms with Gasteiger partial charge in [-0.3, -0.25) is 4.79 Å². The third-order valence-electron chi connectivity index (χ3n) is 4.86. The van der Waals surface area contributed by atoms with Crippen LogP contribution >= 0.6 is 0 Å². The number of amides is 2. The fourth-order valence-corrected chi connectivity index (χ4v) is 3.18. The Labute approximate surface area is 170 Å². The van der Waals surface area contributed by atoms with Crippen molar-refractivity contribution in [3.63, 3.8) is 0 Å². The number of hydrogen-bond acceptors (Lipinski definition) is 6. The maximum Gasteiger partial charge on any atom is 0.409 e. The van der Waals surface area contributed by atoms with Gasteiger partial charge in [0.15, 0.2) is 0 Å². The maximum absolute atomic E-state index is 12.5. The first kappa shape index (κ1) is 20.6. The van der Waals surface area contributed by atoms with E-state index in [1.165, 1.54) is 5.56 Å². The number of anilines is 2. The van der Waals surface area contributed by atoms with Gasteiger partial charge < -0.3 is 20.3 Å². The topological polar surface area (TPSA) is 96.5 Å². The van der Waals surface area contributed by atoms with E-state index in [-0.39, 0.29) is 18.0 Å². The van der Waals surface area contributed by atoms with Crippen molar-refractivity contribution in [2.24, 2.45) is 0 Å². The molecule has 8 nitrogen and oxygen atoms in total. The number of hydrogen-bond donors (Lipinski definition) is 2. The summed E-state index contributed by atoms with van der Waals surface area (Å²) in [6.07, 6.45) is 3.78. The van der Waals surface area contributed by atoms with Gasteiger partial charge in [0.2, 0.25) is 5.95 Å². The Morgan fingerprint density at radius 3 is 2.52 bits per heavy atom. The number of benzene rings is 1. The van der Waals surface area contributed by atoms with Crippen LogP contribution in [0.3, 0.4) is 0 Å². The largest absolute Gasteiger partial charge is 0.450 e. The second kappa shape index (κ2) is 9.86. The van der Waals surface area contributed by atoms with Gasteiger partial charge in [0.05, 0.1) is 6.61 Å². The van der Waals surface area contributed by atoms with Crippen molar-refractivity contribution in [2.75, 3.05) is 30.3 Å². The van der Waals surface area contributed by atoms with Gasteiger partial charge in [-0.05, 0) is 49.9 Å². The van der Waals surface area contributed by atoms with Gasteiger partial charge in [0, 0.05) is 31.0 Å². The van der Waals surface area contributed by atoms with Crippen LogP contribution in [0.1, 0.15) is 42.7 Å². The van der Waals surface area contributed by atoms with Crippen molar-refractivity contribution in [2.45, 2.75) is 39.2 Å². The van der Waals surface area contributed by atoms with Crippen LogP contribution in [0.5, 0.6) is 0 Å². The minimum Gasteiger partial charge on any atom is -0.450 e. The molecule has 154 valence electrons. The highest BCUT2D eigenvalue weighted by molar-refractivity contribution is 6.02. The van der Waals surface area contributed by atoms with E-state index in [1.54, 1.807) is 24.1 Å². The summed E-state index contributed by atoms with van der Waals surface area (Å²) in [4.78, 5) is 34.6. The third kappa shape index (κ3) is 5.66. The lowest BCUT2D eigenvalue weighted by Crippen LogP contribution is -2.42. The molecule has 0 spiro atoms. The summed E-state index contributed by atoms with van der Waals surface area (Å²) in [5.74, 6) is 0.130. The molecule has 1 saturated heterocycles. The lowest BCUT2D eigenvalue weighted by molar-refractivity contribution is 0.0980. The Balaban J connectivity index is 1.55. The van der Waals surface area contributed by atoms with Gasteiger partial charge in [0.1, 0.15) is 5.69 Å². The van der Waals surface area contributed by atoms with Crippen LogP contribution in [-0.4, -0.2) is 52.6 Å². The molecule has 0 bridgehead atoms. The number of carbonyl (C=O) groups is 2. The van der Waals surface area contributed by atoms with E-state index >= 15 is 0 Å². The lowest BCUT2D eigenvalue weighted by Gasteiger charge is -2.31. The van der Waals surface area contributed by atoms with Gasteiger partial charge in [-0.1, -0.05) is 19.1 Å². The van der Waals surface area contributed by atoms with E-state index in [9.17, 15) is 9.59 Å². The highest BCUT2D eigenvalue weighted by Gasteiger charge is 2.24. The monoisotopic (exact) mass is 397 g/mol. The molecule has 0 atom stereocenters. The molecule has 1 aliphatic rings. The fraction of sp³-hybridized carbons (Fsp3) is 0.429. The second-order valence-electron chi connectivity index (χ2n) is 6.87. The number of nitrogens with zero attached hydrogens (tertiary/aromatic N) is 3. The molecule has 29 heavy (non-hydrogen) atoms. The molecule has 8 heteroatoms. The zero-order valence-corrected chi connectivity index (χ0v) is 16.9. The number of aromatic nitrogens is 2. The predicted octanol–water partition coefficient (Wildman–Crippen LogP) is 3.32. The SMILES string of the molecule is CCOC(=O)N1CCC(Nc2nccc(C(=O)Nc3ccc(CC)cc3)n2)CC1. The van der Waals surface area contributed by atoms with Crippen molar-refractivity contribution in [1.82, 2.24) is 14.9 Å². The molecule has 2 N–H and O–H groups in total. The molecular formula is C21H27N5O3. The van der Waals surface area contributed by atoms with Gasteiger partial charge in [-0.15, -0.1) is 0 Å². The summed E-state index contributed by atoms with van der Waals surface area (Å²) in [6.45, 7) is 5.49. The highest BCUT2D eigenvalue weighted by Crippen LogP contribution is 2.16. The number of ether oxygens (including phenoxy) is 1. The number of piperidine rings is 1. The minimum atomic E-state index is -0.281. The first-order valence-corrected chi connectivity index (χ1v) is 10.0. The van der Waals surface area contributed by atoms with E-state index in [2.05, 4.69) is 27.5 Å². The van der Waals surface area contributed by atoms with Crippen LogP contribution in [0.25, 0.3) is 0 Å². The number of likely N-dealkylation sites (tertiary alicyclic amines) is 1. The average Bonchev–Trinajstić information content (AvgIpc) is 2.75. The number of nitrogens with one attached hydrogen (secondary N) is 2. The van der Waals surface area contributed by atoms with E-state index in [0.29, 0.717) is 31.3 Å². The van der Waals surface area contributed by atoms with E-state index in [4.69, 9.17) is 4.74 Å². The molecule has 1 aromatic carbocycles. The Morgan fingerprint density at radius 2 is 1.86 bits per heavy atom. The molecule has 2 heterocycles. The summed E-state index contributed by atoms with van der Waals surface area (Å²) in [5, 5.41) is 6.12. The molecule has 0 unspecified atom stereocenters. The average molecular weight is 397 g/mol. The van der Waals surface area contributed by atoms with Crippen molar-refractivity contribution in [3.8, 4) is 0 Å². The zero-order valence-electron chi connectivity index (χ0n) is 16.9. The van der Waals surface area contributed by atoms with Crippen LogP contribution in [-0.2, 0) is 11.2 Å². The molecule has 2 amide bonds. The summed E-state index contributed by atoms with van der Waals surface area (Å²) < 4.78 is 5.04. The molecule has 3 rings (SSSR count). The quantitative estimate of drug-likeness (QED) is 0.776. The van der Waals surface area contributed by atoms with Crippen LogP contribution in [0.2, 0.25) is 0 Å². The summed E-state index contributed by atoms with van der Waals surface area (Å²) in [7, 11) is 0. The first-order chi connectivity index (χ1) is 14.1. The van der Waals surface area contributed by atoms with Crippen molar-refractivity contribution in [1.29, 1.82) is 0 Å². The lowest BCUT2D eigenvalue weighted by atomic mass is 10.1. The smallest absolute Gasteiger partial charge is 0.409 e. The molecule has 2 aromatic rings. The Morgan fingerprint density at radius 1 is 1.14 bits per heavy atom. The van der Waals surface area contributed by atoms with E-state index in [0.717, 1.165) is 24.9 Å². The van der Waals surface area contributed by atoms with E-state index < -0.39 is 0 Å². The van der Waals surface area contributed by atoms with Gasteiger partial charge in [-0.2, -0.15) is 0 Å². The van der Waals surface area contributed by atoms with Crippen LogP contribution in [0.4, 0.5) is 16.4 Å². The highest BCUT2D eigenvalue weighted by atomic mass is 16.6. The van der Waals surface area contributed by atoms with E-state index in [1.807, 2.05) is 24.3 Å². The molecule has 1 aliphatic heterocycles. The molecule has 0 saturated carbocycles. The summed E-state index contributed by atoms with van der Waals surface area (Å²) >= 11 is 0. The predicted molar refractivity (Wildman–Crippen MR) is 111 cm³/mol. The molecular weight excluding hydrogens is 370 g/mol. The first-order valence-electron chi connectivity index (χ1n) is 10.0. The maximum atomic E-state index is 12.5. The molecule has 1 fully saturated rings. The third-order valence-corrected chi connectivity index (χ3v) is 4.86. The Bertz CT molecular complexity index is 832. The standard InChI is InChI=1S/C21H27N5O3/c1-3-15-5-7-16(8-6-15)23-19(27)18-9-12-22-20(25-18)24-17-10-13-26(14-11-17)21(28)29-4-2/h5-9,12,17H,3-4,10-11,13-14H2,1-2H3,(H,23,27)(H,22,24,25). The Kier molecular flexibility index (Phi) is 6.99. The second-order valence-corrected chi connectivity index (χ2v) is 6.87. The summed E-state index contributed by atoms with van der Waals surface area (Å²) in [6, 6.07) is 9.48. The number of rotatable bonds is 6. The zero-order chi connectivity index (χ0) is 20.6. The van der Waals surface area contributed by atoms with Crippen LogP contribution in [0, 0.1) is 0 Å². The normalized spacial score (nSPS) is 14.3. The fourth-order valence-electron chi connectivity index (χ4n) is 3.18. The van der Waals surface area contributed by atoms with Crippen molar-refractivity contribution < 1.29 is 14.3 Å². The Hall–Kier alpha value is -3.16. The van der Waals surface area contributed by atoms with Crippen molar-refractivity contribution in [3.05, 3.63) is 47.8 Å². The van der Waals surface area contributed by atoms with Crippen LogP contribution < -0.4 is 10.6 Å². The van der Waals surface area contributed by atoms with Gasteiger partial charge >= 0.3 is 6.09 Å². The number of aryl methyl sites for hydroxylation is 1. The summed E-state index contributed by atoms with van der Waals surface area (Å²) in [5.41, 5.74) is 2.24. The number of carbonyl (C=O) groups excluding carboxylic acids is 2. The van der Waals surface area contributed by atoms with Gasteiger partial charge in [0.25, 0.3) is 5.91 Å². The molecule has 0 aliphatic carbocycles. The minimum absolute atomic E-state index is 0.139. The van der Waals surface area contributed by atoms with Gasteiger partial charge in [-0.25, -0.2) is 14.8 Å². The molecule has 1 aromatic heterocycles. The molecule has 0 radical (unpaired) electrons. The van der Waals surface area contributed by atoms with Crippen LogP contribution in [0.15, 0.2) is 36.5 Å².